The summed E-state index contributed by atoms with van der Waals surface area (Å²) in [6.07, 6.45) is 3.97. The maximum Gasteiger partial charge on any atom is 0.200 e. The molecule has 4 rings (SSSR count). The van der Waals surface area contributed by atoms with Gasteiger partial charge in [-0.3, -0.25) is 4.79 Å². The van der Waals surface area contributed by atoms with Crippen molar-refractivity contribution in [3.05, 3.63) is 70.3 Å². The Kier molecular flexibility index (Phi) is 2.76. The van der Waals surface area contributed by atoms with Crippen molar-refractivity contribution in [1.82, 2.24) is 4.98 Å². The number of Topliss-reactive ketones (excluding diaryl/α,β-unsaturated/α-hetero) is 1. The van der Waals surface area contributed by atoms with Gasteiger partial charge in [-0.1, -0.05) is 42.1 Å². The normalized spacial score (nSPS) is 15.9. The van der Waals surface area contributed by atoms with Crippen molar-refractivity contribution in [2.75, 3.05) is 0 Å². The predicted octanol–water partition coefficient (Wildman–Crippen LogP) is 4.81. The predicted molar refractivity (Wildman–Crippen MR) is 87.6 cm³/mol. The summed E-state index contributed by atoms with van der Waals surface area (Å²) in [4.78, 5) is 17.6. The van der Waals surface area contributed by atoms with Crippen LogP contribution in [0.15, 0.2) is 58.5 Å². The van der Waals surface area contributed by atoms with E-state index in [0.717, 1.165) is 31.8 Å². The fourth-order valence-corrected chi connectivity index (χ4v) is 3.77. The van der Waals surface area contributed by atoms with Crippen LogP contribution in [0, 0.1) is 6.92 Å². The van der Waals surface area contributed by atoms with Crippen LogP contribution in [0.3, 0.4) is 0 Å². The molecule has 0 bridgehead atoms. The highest BCUT2D eigenvalue weighted by Gasteiger charge is 2.25. The first-order valence-corrected chi connectivity index (χ1v) is 7.65. The molecule has 1 aliphatic heterocycles. The average molecular weight is 291 g/mol. The van der Waals surface area contributed by atoms with Gasteiger partial charge in [-0.05, 0) is 30.7 Å². The zero-order valence-electron chi connectivity index (χ0n) is 11.5. The number of benzene rings is 2. The minimum atomic E-state index is 0.123. The fourth-order valence-electron chi connectivity index (χ4n) is 2.72. The molecule has 0 spiro atoms. The first-order valence-electron chi connectivity index (χ1n) is 6.84. The summed E-state index contributed by atoms with van der Waals surface area (Å²) in [6, 6.07) is 14.0. The van der Waals surface area contributed by atoms with E-state index in [1.54, 1.807) is 11.8 Å². The van der Waals surface area contributed by atoms with E-state index in [1.807, 2.05) is 42.6 Å². The number of allylic oxidation sites excluding steroid dienone is 1. The van der Waals surface area contributed by atoms with E-state index in [9.17, 15) is 4.79 Å². The molecule has 102 valence electrons. The maximum atomic E-state index is 12.4. The summed E-state index contributed by atoms with van der Waals surface area (Å²) >= 11 is 1.55. The number of hydrogen-bond acceptors (Lipinski definition) is 2. The van der Waals surface area contributed by atoms with Crippen molar-refractivity contribution in [2.45, 2.75) is 11.8 Å². The number of ketones is 1. The van der Waals surface area contributed by atoms with E-state index in [4.69, 9.17) is 0 Å². The van der Waals surface area contributed by atoms with Gasteiger partial charge in [0.05, 0.1) is 4.91 Å². The Morgan fingerprint density at radius 3 is 2.81 bits per heavy atom. The van der Waals surface area contributed by atoms with Crippen molar-refractivity contribution in [1.29, 1.82) is 0 Å². The standard InChI is InChI=1S/C18H13NOS/c1-11-5-4-7-13-12(10-19-17(11)13)9-16-18(20)14-6-2-3-8-15(14)21-16/h2-10,19H,1H3. The molecule has 3 heteroatoms. The largest absolute Gasteiger partial charge is 0.360 e. The van der Waals surface area contributed by atoms with Gasteiger partial charge in [-0.15, -0.1) is 0 Å². The number of carbonyl (C=O) groups excluding carboxylic acids is 1. The zero-order chi connectivity index (χ0) is 14.4. The minimum absolute atomic E-state index is 0.123. The molecule has 0 unspecified atom stereocenters. The highest BCUT2D eigenvalue weighted by atomic mass is 32.2. The molecule has 0 atom stereocenters. The first-order chi connectivity index (χ1) is 10.2. The van der Waals surface area contributed by atoms with E-state index in [2.05, 4.69) is 24.0 Å². The van der Waals surface area contributed by atoms with Gasteiger partial charge in [0.2, 0.25) is 5.78 Å². The van der Waals surface area contributed by atoms with Crippen LogP contribution in [0.5, 0.6) is 0 Å². The molecule has 0 saturated carbocycles. The number of para-hydroxylation sites is 1. The molecule has 21 heavy (non-hydrogen) atoms. The maximum absolute atomic E-state index is 12.4. The van der Waals surface area contributed by atoms with Gasteiger partial charge in [0.15, 0.2) is 0 Å². The third-order valence-electron chi connectivity index (χ3n) is 3.82. The Morgan fingerprint density at radius 2 is 1.95 bits per heavy atom. The van der Waals surface area contributed by atoms with Gasteiger partial charge in [0.25, 0.3) is 0 Å². The summed E-state index contributed by atoms with van der Waals surface area (Å²) in [5.41, 5.74) is 4.23. The molecule has 0 amide bonds. The second-order valence-corrected chi connectivity index (χ2v) is 6.26. The highest BCUT2D eigenvalue weighted by molar-refractivity contribution is 8.04. The zero-order valence-corrected chi connectivity index (χ0v) is 12.3. The molecule has 3 aromatic rings. The lowest BCUT2D eigenvalue weighted by atomic mass is 10.1. The van der Waals surface area contributed by atoms with Gasteiger partial charge in [-0.2, -0.15) is 0 Å². The molecule has 2 nitrogen and oxygen atoms in total. The molecule has 1 aliphatic rings. The third kappa shape index (κ3) is 1.93. The monoisotopic (exact) mass is 291 g/mol. The number of thioether (sulfide) groups is 1. The topological polar surface area (TPSA) is 32.9 Å². The number of aromatic amines is 1. The van der Waals surface area contributed by atoms with Crippen LogP contribution in [-0.4, -0.2) is 10.8 Å². The van der Waals surface area contributed by atoms with Crippen LogP contribution in [0.1, 0.15) is 21.5 Å². The number of rotatable bonds is 1. The van der Waals surface area contributed by atoms with Crippen molar-refractivity contribution in [2.24, 2.45) is 0 Å². The van der Waals surface area contributed by atoms with E-state index >= 15 is 0 Å². The lowest BCUT2D eigenvalue weighted by Gasteiger charge is -1.97. The average Bonchev–Trinajstić information content (AvgIpc) is 3.04. The number of hydrogen-bond donors (Lipinski definition) is 1. The highest BCUT2D eigenvalue weighted by Crippen LogP contribution is 2.41. The van der Waals surface area contributed by atoms with E-state index < -0.39 is 0 Å². The molecular formula is C18H13NOS. The summed E-state index contributed by atoms with van der Waals surface area (Å²) in [5.74, 6) is 0.123. The number of nitrogens with one attached hydrogen (secondary N) is 1. The Morgan fingerprint density at radius 1 is 1.10 bits per heavy atom. The number of aryl methyl sites for hydroxylation is 1. The third-order valence-corrected chi connectivity index (χ3v) is 4.92. The summed E-state index contributed by atoms with van der Waals surface area (Å²) < 4.78 is 0. The van der Waals surface area contributed by atoms with Crippen LogP contribution in [-0.2, 0) is 0 Å². The van der Waals surface area contributed by atoms with Crippen molar-refractivity contribution >= 4 is 34.5 Å². The summed E-state index contributed by atoms with van der Waals surface area (Å²) in [5, 5.41) is 1.16. The second-order valence-electron chi connectivity index (χ2n) is 5.18. The second kappa shape index (κ2) is 4.64. The molecule has 0 saturated heterocycles. The van der Waals surface area contributed by atoms with Gasteiger partial charge >= 0.3 is 0 Å². The Hall–Kier alpha value is -2.26. The van der Waals surface area contributed by atoms with Crippen molar-refractivity contribution in [3.63, 3.8) is 0 Å². The number of aromatic nitrogens is 1. The van der Waals surface area contributed by atoms with Crippen LogP contribution >= 0.6 is 11.8 Å². The number of carbonyl (C=O) groups is 1. The first kappa shape index (κ1) is 12.5. The van der Waals surface area contributed by atoms with Crippen LogP contribution < -0.4 is 0 Å². The Balaban J connectivity index is 1.82. The number of fused-ring (bicyclic) bond motifs is 2. The fraction of sp³-hybridized carbons (Fsp3) is 0.0556. The van der Waals surface area contributed by atoms with Crippen LogP contribution in [0.4, 0.5) is 0 Å². The molecule has 2 aromatic carbocycles. The molecule has 0 fully saturated rings. The summed E-state index contributed by atoms with van der Waals surface area (Å²) in [7, 11) is 0. The quantitative estimate of drug-likeness (QED) is 0.653. The van der Waals surface area contributed by atoms with Crippen molar-refractivity contribution < 1.29 is 4.79 Å². The van der Waals surface area contributed by atoms with Crippen LogP contribution in [0.2, 0.25) is 0 Å². The van der Waals surface area contributed by atoms with Crippen molar-refractivity contribution in [3.8, 4) is 0 Å². The molecule has 1 aromatic heterocycles. The van der Waals surface area contributed by atoms with Gasteiger partial charge in [0.1, 0.15) is 0 Å². The smallest absolute Gasteiger partial charge is 0.200 e. The van der Waals surface area contributed by atoms with Crippen LogP contribution in [0.25, 0.3) is 17.0 Å². The Labute approximate surface area is 126 Å². The van der Waals surface area contributed by atoms with E-state index in [1.165, 1.54) is 5.56 Å². The van der Waals surface area contributed by atoms with Gasteiger partial charge in [-0.25, -0.2) is 0 Å². The molecule has 0 aliphatic carbocycles. The molecule has 2 heterocycles. The number of H-pyrrole nitrogens is 1. The minimum Gasteiger partial charge on any atom is -0.360 e. The van der Waals surface area contributed by atoms with Gasteiger partial charge in [0, 0.05) is 33.1 Å². The molecule has 1 N–H and O–H groups in total. The van der Waals surface area contributed by atoms with E-state index in [0.29, 0.717) is 0 Å². The van der Waals surface area contributed by atoms with E-state index in [-0.39, 0.29) is 5.78 Å². The lowest BCUT2D eigenvalue weighted by Crippen LogP contribution is -1.93. The molecular weight excluding hydrogens is 278 g/mol. The Bertz CT molecular complexity index is 904. The summed E-state index contributed by atoms with van der Waals surface area (Å²) in [6.45, 7) is 2.08. The SMILES string of the molecule is Cc1cccc2c(C=C3Sc4ccccc4C3=O)c[nH]c12. The molecule has 0 radical (unpaired) electrons. The lowest BCUT2D eigenvalue weighted by molar-refractivity contribution is 0.104. The van der Waals surface area contributed by atoms with Gasteiger partial charge < -0.3 is 4.98 Å².